The van der Waals surface area contributed by atoms with Crippen LogP contribution < -0.4 is 9.64 Å². The Bertz CT molecular complexity index is 1360. The fourth-order valence-corrected chi connectivity index (χ4v) is 6.08. The minimum absolute atomic E-state index is 0.0638. The van der Waals surface area contributed by atoms with E-state index >= 15 is 0 Å². The van der Waals surface area contributed by atoms with E-state index in [1.54, 1.807) is 35.0 Å². The minimum Gasteiger partial charge on any atom is -0.490 e. The number of amides is 1. The summed E-state index contributed by atoms with van der Waals surface area (Å²) in [6.07, 6.45) is -2.63. The van der Waals surface area contributed by atoms with Gasteiger partial charge in [0.1, 0.15) is 12.4 Å². The predicted molar refractivity (Wildman–Crippen MR) is 190 cm³/mol. The second-order valence-electron chi connectivity index (χ2n) is 13.3. The number of carbonyl (C=O) groups is 2. The van der Waals surface area contributed by atoms with Crippen molar-refractivity contribution >= 4 is 17.7 Å². The SMILES string of the molecule is COCCCN1CCOc2ccc(CO[C@H]3CN(C(=O)O[C@@H](C)OC(=O)C(C)C)C[C@@H](OC[C@@H](C)O)[C@@H]3c3ccc(COCCOC)cc3)cc21. The molecule has 0 saturated carbocycles. The highest BCUT2D eigenvalue weighted by Gasteiger charge is 2.42. The van der Waals surface area contributed by atoms with Crippen molar-refractivity contribution in [3.05, 3.63) is 59.2 Å². The van der Waals surface area contributed by atoms with Crippen molar-refractivity contribution in [3.63, 3.8) is 0 Å². The maximum Gasteiger partial charge on any atom is 0.413 e. The summed E-state index contributed by atoms with van der Waals surface area (Å²) in [4.78, 5) is 29.5. The summed E-state index contributed by atoms with van der Waals surface area (Å²) in [6.45, 7) is 11.7. The van der Waals surface area contributed by atoms with Crippen LogP contribution in [0.15, 0.2) is 42.5 Å². The van der Waals surface area contributed by atoms with Crippen LogP contribution in [0.2, 0.25) is 0 Å². The molecule has 1 fully saturated rings. The number of piperidine rings is 1. The van der Waals surface area contributed by atoms with Crippen molar-refractivity contribution in [1.82, 2.24) is 4.90 Å². The number of nitrogens with zero attached hydrogens (tertiary/aromatic N) is 2. The van der Waals surface area contributed by atoms with Gasteiger partial charge >= 0.3 is 12.1 Å². The first-order valence-electron chi connectivity index (χ1n) is 17.8. The molecule has 0 unspecified atom stereocenters. The third-order valence-electron chi connectivity index (χ3n) is 8.72. The molecule has 284 valence electrons. The van der Waals surface area contributed by atoms with Crippen LogP contribution in [-0.4, -0.2) is 120 Å². The summed E-state index contributed by atoms with van der Waals surface area (Å²) < 4.78 is 45.9. The number of methoxy groups -OCH3 is 2. The van der Waals surface area contributed by atoms with E-state index in [0.717, 1.165) is 47.6 Å². The molecule has 1 saturated heterocycles. The monoisotopic (exact) mass is 716 g/mol. The van der Waals surface area contributed by atoms with Gasteiger partial charge in [0.05, 0.1) is 82.6 Å². The fourth-order valence-electron chi connectivity index (χ4n) is 6.08. The second kappa shape index (κ2) is 20.5. The van der Waals surface area contributed by atoms with E-state index in [9.17, 15) is 14.7 Å². The van der Waals surface area contributed by atoms with Crippen LogP contribution in [0.25, 0.3) is 0 Å². The number of benzene rings is 2. The van der Waals surface area contributed by atoms with Crippen LogP contribution >= 0.6 is 0 Å². The Morgan fingerprint density at radius 1 is 0.882 bits per heavy atom. The Balaban J connectivity index is 1.58. The van der Waals surface area contributed by atoms with Crippen molar-refractivity contribution < 1.29 is 52.6 Å². The first-order valence-corrected chi connectivity index (χ1v) is 17.8. The standard InChI is InChI=1S/C38H56N2O11/c1-26(2)37(42)50-28(4)51-38(43)40-21-34(48-23-27(3)41)36(31-11-8-29(9-12-31)24-46-19-18-45-6)35(22-40)49-25-30-10-13-33-32(20-30)39(15-17-47-33)14-7-16-44-5/h8-13,20,26-28,34-36,41H,7,14-19,21-25H2,1-6H3/t27-,28+,34-,35+,36+/m1/s1. The summed E-state index contributed by atoms with van der Waals surface area (Å²) >= 11 is 0. The van der Waals surface area contributed by atoms with Crippen molar-refractivity contribution in [1.29, 1.82) is 0 Å². The second-order valence-corrected chi connectivity index (χ2v) is 13.3. The van der Waals surface area contributed by atoms with E-state index in [4.69, 9.17) is 37.9 Å². The highest BCUT2D eigenvalue weighted by molar-refractivity contribution is 5.72. The van der Waals surface area contributed by atoms with Crippen molar-refractivity contribution in [2.45, 2.75) is 77.8 Å². The maximum atomic E-state index is 13.5. The minimum atomic E-state index is -1.08. The number of esters is 1. The van der Waals surface area contributed by atoms with Gasteiger partial charge < -0.3 is 52.8 Å². The van der Waals surface area contributed by atoms with Gasteiger partial charge in [-0.2, -0.15) is 0 Å². The first-order chi connectivity index (χ1) is 24.6. The van der Waals surface area contributed by atoms with Gasteiger partial charge in [-0.25, -0.2) is 4.79 Å². The summed E-state index contributed by atoms with van der Waals surface area (Å²) in [5.74, 6) is -0.293. The number of hydrogen-bond donors (Lipinski definition) is 1. The molecule has 4 rings (SSSR count). The van der Waals surface area contributed by atoms with Crippen LogP contribution in [0.1, 0.15) is 56.7 Å². The van der Waals surface area contributed by atoms with Gasteiger partial charge in [0.15, 0.2) is 0 Å². The third-order valence-corrected chi connectivity index (χ3v) is 8.72. The molecule has 0 spiro atoms. The highest BCUT2D eigenvalue weighted by Crippen LogP contribution is 2.36. The molecule has 13 nitrogen and oxygen atoms in total. The molecule has 0 bridgehead atoms. The van der Waals surface area contributed by atoms with E-state index in [1.807, 2.05) is 36.4 Å². The molecule has 2 aliphatic rings. The summed E-state index contributed by atoms with van der Waals surface area (Å²) in [5.41, 5.74) is 3.93. The lowest BCUT2D eigenvalue weighted by atomic mass is 9.84. The lowest BCUT2D eigenvalue weighted by Gasteiger charge is -2.43. The molecule has 2 heterocycles. The lowest BCUT2D eigenvalue weighted by molar-refractivity contribution is -0.171. The van der Waals surface area contributed by atoms with Crippen LogP contribution in [0.3, 0.4) is 0 Å². The molecule has 2 aromatic carbocycles. The van der Waals surface area contributed by atoms with E-state index in [-0.39, 0.29) is 38.1 Å². The van der Waals surface area contributed by atoms with E-state index in [0.29, 0.717) is 33.0 Å². The molecule has 5 atom stereocenters. The average molecular weight is 717 g/mol. The maximum absolute atomic E-state index is 13.5. The number of hydrogen-bond acceptors (Lipinski definition) is 12. The number of carbonyl (C=O) groups excluding carboxylic acids is 2. The number of fused-ring (bicyclic) bond motifs is 1. The number of aliphatic hydroxyl groups excluding tert-OH is 1. The number of rotatable bonds is 19. The number of ether oxygens (including phenoxy) is 8. The van der Waals surface area contributed by atoms with Gasteiger partial charge in [-0.3, -0.25) is 4.79 Å². The molecular formula is C38H56N2O11. The number of anilines is 1. The van der Waals surface area contributed by atoms with Crippen LogP contribution in [0.5, 0.6) is 5.75 Å². The summed E-state index contributed by atoms with van der Waals surface area (Å²) in [7, 11) is 3.34. The molecule has 2 aromatic rings. The molecule has 0 radical (unpaired) electrons. The normalized spacial score (nSPS) is 20.0. The van der Waals surface area contributed by atoms with Gasteiger partial charge in [0, 0.05) is 40.2 Å². The van der Waals surface area contributed by atoms with E-state index < -0.39 is 36.7 Å². The zero-order valence-electron chi connectivity index (χ0n) is 30.9. The number of aliphatic hydroxyl groups is 1. The molecule has 1 N–H and O–H groups in total. The summed E-state index contributed by atoms with van der Waals surface area (Å²) in [5, 5.41) is 10.2. The smallest absolute Gasteiger partial charge is 0.413 e. The van der Waals surface area contributed by atoms with Crippen molar-refractivity contribution in [2.24, 2.45) is 5.92 Å². The zero-order valence-corrected chi connectivity index (χ0v) is 30.9. The molecule has 13 heteroatoms. The van der Waals surface area contributed by atoms with Gasteiger partial charge in [-0.05, 0) is 42.2 Å². The largest absolute Gasteiger partial charge is 0.490 e. The van der Waals surface area contributed by atoms with Crippen molar-refractivity contribution in [3.8, 4) is 5.75 Å². The Labute approximate surface area is 302 Å². The molecule has 0 aliphatic carbocycles. The van der Waals surface area contributed by atoms with Crippen LogP contribution in [0.4, 0.5) is 10.5 Å². The van der Waals surface area contributed by atoms with Gasteiger partial charge in [-0.15, -0.1) is 0 Å². The van der Waals surface area contributed by atoms with Crippen LogP contribution in [-0.2, 0) is 51.2 Å². The lowest BCUT2D eigenvalue weighted by Crippen LogP contribution is -2.55. The Morgan fingerprint density at radius 2 is 1.59 bits per heavy atom. The summed E-state index contributed by atoms with van der Waals surface area (Å²) in [6, 6.07) is 14.1. The first kappa shape index (κ1) is 40.3. The van der Waals surface area contributed by atoms with E-state index in [1.165, 1.54) is 11.8 Å². The van der Waals surface area contributed by atoms with Crippen LogP contribution in [0, 0.1) is 5.92 Å². The molecule has 51 heavy (non-hydrogen) atoms. The quantitative estimate of drug-likeness (QED) is 0.125. The van der Waals surface area contributed by atoms with Crippen molar-refractivity contribution in [2.75, 3.05) is 78.3 Å². The topological polar surface area (TPSA) is 135 Å². The third kappa shape index (κ3) is 12.3. The Hall–Kier alpha value is -3.46. The Kier molecular flexibility index (Phi) is 16.2. The fraction of sp³-hybridized carbons (Fsp3) is 0.632. The Morgan fingerprint density at radius 3 is 2.27 bits per heavy atom. The zero-order chi connectivity index (χ0) is 36.8. The number of likely N-dealkylation sites (tertiary alicyclic amines) is 1. The van der Waals surface area contributed by atoms with E-state index in [2.05, 4.69) is 11.0 Å². The van der Waals surface area contributed by atoms with Gasteiger partial charge in [0.25, 0.3) is 0 Å². The molecule has 2 aliphatic heterocycles. The van der Waals surface area contributed by atoms with Gasteiger partial charge in [0.2, 0.25) is 6.29 Å². The molecular weight excluding hydrogens is 660 g/mol. The molecule has 1 amide bonds. The van der Waals surface area contributed by atoms with Gasteiger partial charge in [-0.1, -0.05) is 44.2 Å². The predicted octanol–water partition coefficient (Wildman–Crippen LogP) is 4.52. The highest BCUT2D eigenvalue weighted by atomic mass is 16.7. The average Bonchev–Trinajstić information content (AvgIpc) is 3.11. The molecule has 0 aromatic heterocycles.